The Labute approximate surface area is 142 Å². The van der Waals surface area contributed by atoms with Crippen LogP contribution in [0.15, 0.2) is 40.2 Å². The number of carbonyl (C=O) groups is 2. The fourth-order valence-corrected chi connectivity index (χ4v) is 3.33. The number of hydrogen-bond acceptors (Lipinski definition) is 3. The van der Waals surface area contributed by atoms with E-state index in [1.165, 1.54) is 11.3 Å². The standard InChI is InChI=1S/C16H17BrN2O2S/c1-3-19(4-2)16(21)11-6-5-7-12(10-11)18-15(20)13-8-9-14(17)22-13/h5-10H,3-4H2,1-2H3,(H,18,20). The summed E-state index contributed by atoms with van der Waals surface area (Å²) in [6.45, 7) is 5.22. The van der Waals surface area contributed by atoms with E-state index in [0.29, 0.717) is 29.2 Å². The second-order valence-electron chi connectivity index (χ2n) is 4.62. The number of amides is 2. The molecule has 0 spiro atoms. The van der Waals surface area contributed by atoms with Crippen LogP contribution in [0.5, 0.6) is 0 Å². The van der Waals surface area contributed by atoms with Crippen LogP contribution in [0.25, 0.3) is 0 Å². The van der Waals surface area contributed by atoms with Gasteiger partial charge in [-0.1, -0.05) is 6.07 Å². The van der Waals surface area contributed by atoms with E-state index in [4.69, 9.17) is 0 Å². The summed E-state index contributed by atoms with van der Waals surface area (Å²) in [7, 11) is 0. The first kappa shape index (κ1) is 16.7. The zero-order chi connectivity index (χ0) is 16.1. The Morgan fingerprint density at radius 3 is 2.50 bits per heavy atom. The number of nitrogens with zero attached hydrogens (tertiary/aromatic N) is 1. The summed E-state index contributed by atoms with van der Waals surface area (Å²) in [4.78, 5) is 26.8. The molecule has 0 aliphatic rings. The highest BCUT2D eigenvalue weighted by molar-refractivity contribution is 9.11. The molecule has 0 unspecified atom stereocenters. The maximum atomic E-state index is 12.3. The molecule has 4 nitrogen and oxygen atoms in total. The highest BCUT2D eigenvalue weighted by Crippen LogP contribution is 2.23. The molecule has 0 atom stereocenters. The third-order valence-electron chi connectivity index (χ3n) is 3.22. The summed E-state index contributed by atoms with van der Waals surface area (Å²) in [6, 6.07) is 10.6. The third-order valence-corrected chi connectivity index (χ3v) is 4.84. The van der Waals surface area contributed by atoms with Gasteiger partial charge in [0.1, 0.15) is 0 Å². The number of rotatable bonds is 5. The van der Waals surface area contributed by atoms with Crippen LogP contribution >= 0.6 is 27.3 Å². The molecule has 0 aliphatic carbocycles. The van der Waals surface area contributed by atoms with Gasteiger partial charge in [0.2, 0.25) is 0 Å². The van der Waals surface area contributed by atoms with Crippen molar-refractivity contribution in [1.82, 2.24) is 4.90 Å². The lowest BCUT2D eigenvalue weighted by molar-refractivity contribution is 0.0772. The molecule has 0 fully saturated rings. The molecule has 22 heavy (non-hydrogen) atoms. The van der Waals surface area contributed by atoms with Crippen molar-refractivity contribution in [2.24, 2.45) is 0 Å². The quantitative estimate of drug-likeness (QED) is 0.842. The first-order valence-corrected chi connectivity index (χ1v) is 8.62. The Balaban J connectivity index is 2.15. The van der Waals surface area contributed by atoms with Crippen molar-refractivity contribution in [3.63, 3.8) is 0 Å². The molecule has 0 saturated heterocycles. The van der Waals surface area contributed by atoms with Crippen molar-refractivity contribution in [1.29, 1.82) is 0 Å². The van der Waals surface area contributed by atoms with Gasteiger partial charge in [-0.05, 0) is 60.1 Å². The van der Waals surface area contributed by atoms with Crippen LogP contribution < -0.4 is 5.32 Å². The van der Waals surface area contributed by atoms with E-state index in [2.05, 4.69) is 21.2 Å². The van der Waals surface area contributed by atoms with Gasteiger partial charge in [-0.25, -0.2) is 0 Å². The lowest BCUT2D eigenvalue weighted by Gasteiger charge is -2.18. The summed E-state index contributed by atoms with van der Waals surface area (Å²) in [6.07, 6.45) is 0. The number of hydrogen-bond donors (Lipinski definition) is 1. The minimum absolute atomic E-state index is 0.0278. The van der Waals surface area contributed by atoms with E-state index in [9.17, 15) is 9.59 Å². The average molecular weight is 381 g/mol. The molecule has 2 amide bonds. The molecule has 0 radical (unpaired) electrons. The molecule has 1 heterocycles. The van der Waals surface area contributed by atoms with Crippen LogP contribution in [-0.2, 0) is 0 Å². The second kappa shape index (κ2) is 7.56. The predicted molar refractivity (Wildman–Crippen MR) is 93.7 cm³/mol. The molecular formula is C16H17BrN2O2S. The summed E-state index contributed by atoms with van der Waals surface area (Å²) in [5.41, 5.74) is 1.20. The van der Waals surface area contributed by atoms with Gasteiger partial charge in [-0.15, -0.1) is 11.3 Å². The maximum Gasteiger partial charge on any atom is 0.265 e. The monoisotopic (exact) mass is 380 g/mol. The van der Waals surface area contributed by atoms with E-state index in [-0.39, 0.29) is 11.8 Å². The zero-order valence-electron chi connectivity index (χ0n) is 12.4. The minimum atomic E-state index is -0.178. The molecule has 6 heteroatoms. The number of thiophene rings is 1. The van der Waals surface area contributed by atoms with Crippen molar-refractivity contribution in [3.05, 3.63) is 50.6 Å². The summed E-state index contributed by atoms with van der Waals surface area (Å²) in [5.74, 6) is -0.205. The van der Waals surface area contributed by atoms with Crippen LogP contribution in [0, 0.1) is 0 Å². The fourth-order valence-electron chi connectivity index (χ4n) is 2.05. The van der Waals surface area contributed by atoms with Crippen LogP contribution in [-0.4, -0.2) is 29.8 Å². The SMILES string of the molecule is CCN(CC)C(=O)c1cccc(NC(=O)c2ccc(Br)s2)c1. The van der Waals surface area contributed by atoms with Crippen molar-refractivity contribution in [2.75, 3.05) is 18.4 Å². The molecule has 1 aromatic carbocycles. The van der Waals surface area contributed by atoms with E-state index < -0.39 is 0 Å². The highest BCUT2D eigenvalue weighted by atomic mass is 79.9. The highest BCUT2D eigenvalue weighted by Gasteiger charge is 2.14. The number of anilines is 1. The topological polar surface area (TPSA) is 49.4 Å². The predicted octanol–water partition coefficient (Wildman–Crippen LogP) is 4.24. The maximum absolute atomic E-state index is 12.3. The normalized spacial score (nSPS) is 10.3. The lowest BCUT2D eigenvalue weighted by Crippen LogP contribution is -2.30. The molecule has 1 aromatic heterocycles. The molecule has 1 N–H and O–H groups in total. The lowest BCUT2D eigenvalue weighted by atomic mass is 10.1. The Morgan fingerprint density at radius 1 is 1.18 bits per heavy atom. The van der Waals surface area contributed by atoms with Gasteiger partial charge in [0.25, 0.3) is 11.8 Å². The number of nitrogens with one attached hydrogen (secondary N) is 1. The van der Waals surface area contributed by atoms with Crippen molar-refractivity contribution >= 4 is 44.8 Å². The van der Waals surface area contributed by atoms with E-state index in [0.717, 1.165) is 3.79 Å². The smallest absolute Gasteiger partial charge is 0.265 e. The Morgan fingerprint density at radius 2 is 1.91 bits per heavy atom. The fraction of sp³-hybridized carbons (Fsp3) is 0.250. The van der Waals surface area contributed by atoms with Gasteiger partial charge in [0.15, 0.2) is 0 Å². The molecule has 0 aliphatic heterocycles. The Hall–Kier alpha value is -1.66. The Bertz CT molecular complexity index is 680. The summed E-state index contributed by atoms with van der Waals surface area (Å²) < 4.78 is 0.906. The van der Waals surface area contributed by atoms with Crippen molar-refractivity contribution in [3.8, 4) is 0 Å². The first-order chi connectivity index (χ1) is 10.5. The van der Waals surface area contributed by atoms with E-state index >= 15 is 0 Å². The molecular weight excluding hydrogens is 364 g/mol. The number of benzene rings is 1. The molecule has 116 valence electrons. The van der Waals surface area contributed by atoms with Gasteiger partial charge >= 0.3 is 0 Å². The molecule has 2 aromatic rings. The van der Waals surface area contributed by atoms with Gasteiger partial charge in [-0.3, -0.25) is 9.59 Å². The summed E-state index contributed by atoms with van der Waals surface area (Å²) >= 11 is 4.70. The largest absolute Gasteiger partial charge is 0.339 e. The van der Waals surface area contributed by atoms with Crippen LogP contribution in [0.1, 0.15) is 33.9 Å². The second-order valence-corrected chi connectivity index (χ2v) is 7.08. The Kier molecular flexibility index (Phi) is 5.74. The van der Waals surface area contributed by atoms with Gasteiger partial charge in [0, 0.05) is 24.3 Å². The number of halogens is 1. The van der Waals surface area contributed by atoms with Gasteiger partial charge < -0.3 is 10.2 Å². The van der Waals surface area contributed by atoms with Gasteiger partial charge in [-0.2, -0.15) is 0 Å². The van der Waals surface area contributed by atoms with Crippen LogP contribution in [0.2, 0.25) is 0 Å². The average Bonchev–Trinajstić information content (AvgIpc) is 2.95. The van der Waals surface area contributed by atoms with E-state index in [1.807, 2.05) is 19.9 Å². The number of carbonyl (C=O) groups excluding carboxylic acids is 2. The molecule has 0 bridgehead atoms. The minimum Gasteiger partial charge on any atom is -0.339 e. The zero-order valence-corrected chi connectivity index (χ0v) is 14.8. The summed E-state index contributed by atoms with van der Waals surface area (Å²) in [5, 5.41) is 2.82. The first-order valence-electron chi connectivity index (χ1n) is 7.01. The van der Waals surface area contributed by atoms with Gasteiger partial charge in [0.05, 0.1) is 8.66 Å². The molecule has 2 rings (SSSR count). The van der Waals surface area contributed by atoms with Crippen LogP contribution in [0.4, 0.5) is 5.69 Å². The third kappa shape index (κ3) is 3.96. The molecule has 0 saturated carbocycles. The van der Waals surface area contributed by atoms with Crippen molar-refractivity contribution in [2.45, 2.75) is 13.8 Å². The van der Waals surface area contributed by atoms with Crippen LogP contribution in [0.3, 0.4) is 0 Å². The van der Waals surface area contributed by atoms with E-state index in [1.54, 1.807) is 35.2 Å². The van der Waals surface area contributed by atoms with Crippen molar-refractivity contribution < 1.29 is 9.59 Å².